The second kappa shape index (κ2) is 6.80. The van der Waals surface area contributed by atoms with E-state index in [2.05, 4.69) is 0 Å². The second-order valence-corrected chi connectivity index (χ2v) is 6.03. The molecule has 0 amide bonds. The highest BCUT2D eigenvalue weighted by Crippen LogP contribution is 2.30. The van der Waals surface area contributed by atoms with E-state index in [4.69, 9.17) is 12.3 Å². The summed E-state index contributed by atoms with van der Waals surface area (Å²) in [7, 11) is 0. The Morgan fingerprint density at radius 3 is 2.58 bits per heavy atom. The Hall–Kier alpha value is -2.87. The monoisotopic (exact) mass is 350 g/mol. The van der Waals surface area contributed by atoms with Crippen molar-refractivity contribution in [2.45, 2.75) is 33.0 Å². The van der Waals surface area contributed by atoms with Gasteiger partial charge in [0.15, 0.2) is 5.78 Å². The quantitative estimate of drug-likeness (QED) is 0.397. The maximum atomic E-state index is 13.8. The van der Waals surface area contributed by atoms with E-state index in [1.54, 1.807) is 42.5 Å². The fourth-order valence-electron chi connectivity index (χ4n) is 3.44. The van der Waals surface area contributed by atoms with Crippen molar-refractivity contribution in [3.63, 3.8) is 0 Å². The normalized spacial score (nSPS) is 18.6. The van der Waals surface area contributed by atoms with Gasteiger partial charge in [-0.1, -0.05) is 73.9 Å². The third-order valence-corrected chi connectivity index (χ3v) is 4.60. The zero-order chi connectivity index (χ0) is 26.0. The molecule has 0 saturated heterocycles. The van der Waals surface area contributed by atoms with Crippen molar-refractivity contribution in [1.29, 1.82) is 0 Å². The Labute approximate surface area is 166 Å². The van der Waals surface area contributed by atoms with Gasteiger partial charge in [-0.15, -0.1) is 0 Å². The Kier molecular flexibility index (Phi) is 2.40. The molecular formula is C24H23NO. The fourth-order valence-corrected chi connectivity index (χ4v) is 3.44. The average Bonchev–Trinajstić information content (AvgIpc) is 3.09. The standard InChI is InChI=1S/C24H23NO/c1-3-4-16-25-17(2)23(21-13-7-8-15-22(21)25)24(26)20-14-9-11-18-10-5-6-12-19(18)20/h5-15H,3-4,16H2,1-2H3/i1D3,3D2,4D2,16D2. The molecule has 1 heterocycles. The van der Waals surface area contributed by atoms with Gasteiger partial charge in [-0.3, -0.25) is 4.79 Å². The largest absolute Gasteiger partial charge is 0.344 e. The van der Waals surface area contributed by atoms with Crippen LogP contribution < -0.4 is 0 Å². The van der Waals surface area contributed by atoms with E-state index in [0.717, 1.165) is 9.95 Å². The smallest absolute Gasteiger partial charge is 0.196 e. The molecule has 0 bridgehead atoms. The van der Waals surface area contributed by atoms with Gasteiger partial charge in [-0.25, -0.2) is 0 Å². The topological polar surface area (TPSA) is 22.0 Å². The van der Waals surface area contributed by atoms with Gasteiger partial charge in [0.1, 0.15) is 0 Å². The number of para-hydroxylation sites is 1. The summed E-state index contributed by atoms with van der Waals surface area (Å²) in [6, 6.07) is 19.0. The van der Waals surface area contributed by atoms with Gasteiger partial charge < -0.3 is 4.57 Å². The minimum atomic E-state index is -3.53. The van der Waals surface area contributed by atoms with Crippen molar-refractivity contribution in [1.82, 2.24) is 4.57 Å². The highest BCUT2D eigenvalue weighted by molar-refractivity contribution is 6.22. The number of hydrogen-bond acceptors (Lipinski definition) is 1. The zero-order valence-corrected chi connectivity index (χ0v) is 14.2. The summed E-state index contributed by atoms with van der Waals surface area (Å²) in [5, 5.41) is 1.91. The van der Waals surface area contributed by atoms with E-state index in [1.165, 1.54) is 13.0 Å². The fraction of sp³-hybridized carbons (Fsp3) is 0.208. The van der Waals surface area contributed by atoms with Crippen molar-refractivity contribution in [2.75, 3.05) is 0 Å². The van der Waals surface area contributed by atoms with Crippen LogP contribution in [-0.2, 0) is 6.50 Å². The predicted octanol–water partition coefficient (Wildman–Crippen LogP) is 6.13. The molecule has 0 spiro atoms. The Morgan fingerprint density at radius 1 is 1.00 bits per heavy atom. The highest BCUT2D eigenvalue weighted by atomic mass is 16.1. The van der Waals surface area contributed by atoms with Crippen LogP contribution in [0.2, 0.25) is 0 Å². The number of carbonyl (C=O) groups excluding carboxylic acids is 1. The SMILES string of the molecule is [2H]C([2H])([2H])C([2H])([2H])C([2H])([2H])C([2H])([2H])n1c(C)c(C(=O)c2cccc3ccccc23)c2ccccc21. The first-order valence-corrected chi connectivity index (χ1v) is 8.27. The molecule has 0 aliphatic heterocycles. The number of benzene rings is 3. The summed E-state index contributed by atoms with van der Waals surface area (Å²) in [5.41, 5.74) is 0.754. The van der Waals surface area contributed by atoms with Crippen LogP contribution in [0.5, 0.6) is 0 Å². The van der Waals surface area contributed by atoms with E-state index >= 15 is 0 Å². The molecule has 0 fully saturated rings. The lowest BCUT2D eigenvalue weighted by Crippen LogP contribution is -2.06. The Bertz CT molecular complexity index is 1450. The van der Waals surface area contributed by atoms with Crippen LogP contribution in [0.1, 0.15) is 53.5 Å². The molecule has 0 aliphatic carbocycles. The van der Waals surface area contributed by atoms with E-state index in [1.807, 2.05) is 18.2 Å². The molecule has 0 N–H and O–H groups in total. The molecule has 26 heavy (non-hydrogen) atoms. The number of aryl methyl sites for hydroxylation is 1. The van der Waals surface area contributed by atoms with Crippen molar-refractivity contribution < 1.29 is 17.1 Å². The lowest BCUT2D eigenvalue weighted by Gasteiger charge is -2.09. The average molecular weight is 351 g/mol. The lowest BCUT2D eigenvalue weighted by molar-refractivity contribution is 0.104. The number of ketones is 1. The van der Waals surface area contributed by atoms with Crippen molar-refractivity contribution in [3.05, 3.63) is 83.6 Å². The first kappa shape index (κ1) is 9.18. The second-order valence-electron chi connectivity index (χ2n) is 6.03. The van der Waals surface area contributed by atoms with Crippen LogP contribution in [0.25, 0.3) is 21.7 Å². The van der Waals surface area contributed by atoms with Gasteiger partial charge in [-0.2, -0.15) is 0 Å². The van der Waals surface area contributed by atoms with Crippen LogP contribution >= 0.6 is 0 Å². The summed E-state index contributed by atoms with van der Waals surface area (Å²) in [6.07, 6.45) is -7.02. The highest BCUT2D eigenvalue weighted by Gasteiger charge is 2.21. The summed E-state index contributed by atoms with van der Waals surface area (Å²) in [5.74, 6) is -0.399. The van der Waals surface area contributed by atoms with Crippen LogP contribution in [0.3, 0.4) is 0 Å². The van der Waals surface area contributed by atoms with Gasteiger partial charge in [-0.05, 0) is 30.1 Å². The summed E-state index contributed by atoms with van der Waals surface area (Å²) in [6.45, 7) is -5.13. The van der Waals surface area contributed by atoms with E-state index < -0.39 is 31.9 Å². The number of carbonyl (C=O) groups is 1. The van der Waals surface area contributed by atoms with Crippen molar-refractivity contribution >= 4 is 27.5 Å². The molecule has 2 heteroatoms. The van der Waals surface area contributed by atoms with Gasteiger partial charge in [0, 0.05) is 41.0 Å². The van der Waals surface area contributed by atoms with Crippen LogP contribution in [0.4, 0.5) is 0 Å². The molecule has 4 aromatic rings. The number of aromatic nitrogens is 1. The van der Waals surface area contributed by atoms with Crippen molar-refractivity contribution in [3.8, 4) is 0 Å². The first-order chi connectivity index (χ1) is 16.1. The molecule has 0 radical (unpaired) electrons. The van der Waals surface area contributed by atoms with Gasteiger partial charge in [0.05, 0.1) is 5.56 Å². The molecule has 130 valence electrons. The third kappa shape index (κ3) is 2.62. The third-order valence-electron chi connectivity index (χ3n) is 4.60. The predicted molar refractivity (Wildman–Crippen MR) is 109 cm³/mol. The van der Waals surface area contributed by atoms with Gasteiger partial charge in [0.2, 0.25) is 0 Å². The molecular weight excluding hydrogens is 318 g/mol. The van der Waals surface area contributed by atoms with Crippen LogP contribution in [0.15, 0.2) is 66.7 Å². The first-order valence-electron chi connectivity index (χ1n) is 12.8. The molecule has 0 atom stereocenters. The zero-order valence-electron chi connectivity index (χ0n) is 23.2. The Morgan fingerprint density at radius 2 is 1.73 bits per heavy atom. The van der Waals surface area contributed by atoms with E-state index in [0.29, 0.717) is 16.3 Å². The summed E-state index contributed by atoms with van der Waals surface area (Å²) < 4.78 is 73.4. The van der Waals surface area contributed by atoms with Gasteiger partial charge >= 0.3 is 0 Å². The minimum absolute atomic E-state index is 0.0688. The lowest BCUT2D eigenvalue weighted by atomic mass is 9.95. The molecule has 0 saturated carbocycles. The van der Waals surface area contributed by atoms with Crippen molar-refractivity contribution in [2.24, 2.45) is 0 Å². The number of fused-ring (bicyclic) bond motifs is 2. The molecule has 0 aliphatic rings. The van der Waals surface area contributed by atoms with E-state index in [-0.39, 0.29) is 16.8 Å². The molecule has 1 aromatic heterocycles. The van der Waals surface area contributed by atoms with Crippen LogP contribution in [-0.4, -0.2) is 10.4 Å². The Balaban J connectivity index is 2.00. The number of nitrogens with zero attached hydrogens (tertiary/aromatic N) is 1. The molecule has 3 aromatic carbocycles. The maximum absolute atomic E-state index is 13.8. The minimum Gasteiger partial charge on any atom is -0.344 e. The number of hydrogen-bond donors (Lipinski definition) is 0. The molecule has 2 nitrogen and oxygen atoms in total. The maximum Gasteiger partial charge on any atom is 0.196 e. The van der Waals surface area contributed by atoms with Crippen LogP contribution in [0, 0.1) is 6.92 Å². The van der Waals surface area contributed by atoms with E-state index in [9.17, 15) is 4.79 Å². The molecule has 0 unspecified atom stereocenters. The van der Waals surface area contributed by atoms with Gasteiger partial charge in [0.25, 0.3) is 0 Å². The summed E-state index contributed by atoms with van der Waals surface area (Å²) >= 11 is 0. The summed E-state index contributed by atoms with van der Waals surface area (Å²) in [4.78, 5) is 13.8. The molecule has 4 rings (SSSR count). The number of rotatable bonds is 5.